The van der Waals surface area contributed by atoms with E-state index < -0.39 is 0 Å². The highest BCUT2D eigenvalue weighted by Gasteiger charge is 2.31. The van der Waals surface area contributed by atoms with Crippen LogP contribution in [-0.2, 0) is 9.53 Å². The first-order chi connectivity index (χ1) is 8.08. The first kappa shape index (κ1) is 12.3. The van der Waals surface area contributed by atoms with Crippen LogP contribution in [0.4, 0.5) is 5.69 Å². The Morgan fingerprint density at radius 1 is 1.65 bits per heavy atom. The molecule has 1 fully saturated rings. The zero-order valence-electron chi connectivity index (χ0n) is 9.87. The van der Waals surface area contributed by atoms with Crippen molar-refractivity contribution in [2.24, 2.45) is 5.92 Å². The average molecular weight is 255 g/mol. The van der Waals surface area contributed by atoms with Crippen molar-refractivity contribution in [1.82, 2.24) is 4.98 Å². The maximum Gasteiger partial charge on any atom is 0.230 e. The Hall–Kier alpha value is -1.13. The minimum atomic E-state index is -0.105. The van der Waals surface area contributed by atoms with E-state index in [1.807, 2.05) is 19.9 Å². The predicted molar refractivity (Wildman–Crippen MR) is 66.1 cm³/mol. The van der Waals surface area contributed by atoms with Gasteiger partial charge in [0.1, 0.15) is 0 Å². The molecule has 1 aromatic heterocycles. The molecule has 1 aliphatic heterocycles. The van der Waals surface area contributed by atoms with Crippen LogP contribution in [0.3, 0.4) is 0 Å². The summed E-state index contributed by atoms with van der Waals surface area (Å²) in [5.74, 6) is -0.157. The Labute approximate surface area is 105 Å². The van der Waals surface area contributed by atoms with Crippen molar-refractivity contribution in [3.63, 3.8) is 0 Å². The van der Waals surface area contributed by atoms with Crippen molar-refractivity contribution in [3.8, 4) is 0 Å². The largest absolute Gasteiger partial charge is 0.378 e. The molecule has 0 spiro atoms. The summed E-state index contributed by atoms with van der Waals surface area (Å²) in [5, 5.41) is 3.13. The molecule has 1 aliphatic rings. The maximum absolute atomic E-state index is 12.0. The first-order valence-electron chi connectivity index (χ1n) is 5.62. The van der Waals surface area contributed by atoms with Gasteiger partial charge in [-0.2, -0.15) is 0 Å². The van der Waals surface area contributed by atoms with Gasteiger partial charge in [-0.15, -0.1) is 0 Å². The highest BCUT2D eigenvalue weighted by atomic mass is 35.5. The maximum atomic E-state index is 12.0. The van der Waals surface area contributed by atoms with Gasteiger partial charge in [0.05, 0.1) is 17.7 Å². The number of halogens is 1. The van der Waals surface area contributed by atoms with Gasteiger partial charge in [0.25, 0.3) is 0 Å². The number of ether oxygens (including phenoxy) is 1. The van der Waals surface area contributed by atoms with Gasteiger partial charge in [0.2, 0.25) is 5.91 Å². The van der Waals surface area contributed by atoms with E-state index in [1.54, 1.807) is 6.20 Å². The van der Waals surface area contributed by atoms with E-state index in [0.29, 0.717) is 17.4 Å². The Morgan fingerprint density at radius 2 is 2.41 bits per heavy atom. The lowest BCUT2D eigenvalue weighted by atomic mass is 10.0. The van der Waals surface area contributed by atoms with E-state index in [2.05, 4.69) is 10.3 Å². The lowest BCUT2D eigenvalue weighted by Crippen LogP contribution is -2.28. The molecule has 2 heterocycles. The number of carbonyl (C=O) groups is 1. The monoisotopic (exact) mass is 254 g/mol. The molecule has 1 N–H and O–H groups in total. The molecule has 4 nitrogen and oxygen atoms in total. The van der Waals surface area contributed by atoms with E-state index in [1.165, 1.54) is 0 Å². The fourth-order valence-corrected chi connectivity index (χ4v) is 2.09. The fourth-order valence-electron chi connectivity index (χ4n) is 1.94. The van der Waals surface area contributed by atoms with Crippen LogP contribution in [0.1, 0.15) is 18.9 Å². The molecule has 1 saturated heterocycles. The normalized spacial score (nSPS) is 23.7. The zero-order valence-corrected chi connectivity index (χ0v) is 10.6. The van der Waals surface area contributed by atoms with Crippen molar-refractivity contribution in [3.05, 3.63) is 23.0 Å². The van der Waals surface area contributed by atoms with Crippen molar-refractivity contribution in [1.29, 1.82) is 0 Å². The number of hydrogen-bond donors (Lipinski definition) is 1. The van der Waals surface area contributed by atoms with E-state index in [4.69, 9.17) is 16.3 Å². The molecular formula is C12H15ClN2O2. The summed E-state index contributed by atoms with van der Waals surface area (Å²) in [6, 6.07) is 1.81. The third kappa shape index (κ3) is 2.76. The molecule has 17 heavy (non-hydrogen) atoms. The Balaban J connectivity index is 2.10. The zero-order chi connectivity index (χ0) is 12.4. The van der Waals surface area contributed by atoms with Crippen LogP contribution < -0.4 is 5.32 Å². The van der Waals surface area contributed by atoms with Crippen molar-refractivity contribution in [2.45, 2.75) is 26.4 Å². The summed E-state index contributed by atoms with van der Waals surface area (Å²) in [5.41, 5.74) is 1.52. The van der Waals surface area contributed by atoms with E-state index in [9.17, 15) is 4.79 Å². The minimum Gasteiger partial charge on any atom is -0.378 e. The molecule has 2 atom stereocenters. The number of rotatable bonds is 2. The Kier molecular flexibility index (Phi) is 3.64. The number of amides is 1. The molecule has 1 aromatic rings. The van der Waals surface area contributed by atoms with Gasteiger partial charge < -0.3 is 10.1 Å². The molecule has 5 heteroatoms. The molecular weight excluding hydrogens is 240 g/mol. The van der Waals surface area contributed by atoms with Gasteiger partial charge >= 0.3 is 0 Å². The molecule has 92 valence electrons. The van der Waals surface area contributed by atoms with Gasteiger partial charge in [-0.05, 0) is 31.9 Å². The van der Waals surface area contributed by atoms with Crippen LogP contribution in [-0.4, -0.2) is 23.6 Å². The second-order valence-electron chi connectivity index (χ2n) is 4.31. The smallest absolute Gasteiger partial charge is 0.230 e. The van der Waals surface area contributed by atoms with Crippen LogP contribution in [0.2, 0.25) is 5.15 Å². The van der Waals surface area contributed by atoms with Crippen LogP contribution >= 0.6 is 11.6 Å². The first-order valence-corrected chi connectivity index (χ1v) is 6.00. The van der Waals surface area contributed by atoms with E-state index in [-0.39, 0.29) is 17.9 Å². The van der Waals surface area contributed by atoms with E-state index in [0.717, 1.165) is 12.0 Å². The SMILES string of the molecule is Cc1cnc(Cl)c(NC(=O)C2CCOC2C)c1. The van der Waals surface area contributed by atoms with Crippen LogP contribution in [0, 0.1) is 12.8 Å². The van der Waals surface area contributed by atoms with Crippen LogP contribution in [0.15, 0.2) is 12.3 Å². The minimum absolute atomic E-state index is 0.0356. The summed E-state index contributed by atoms with van der Waals surface area (Å²) in [6.45, 7) is 4.45. The number of aromatic nitrogens is 1. The lowest BCUT2D eigenvalue weighted by Gasteiger charge is -2.14. The topological polar surface area (TPSA) is 51.2 Å². The third-order valence-corrected chi connectivity index (χ3v) is 3.25. The molecule has 0 bridgehead atoms. The molecule has 0 radical (unpaired) electrons. The molecule has 0 saturated carbocycles. The number of nitrogens with zero attached hydrogens (tertiary/aromatic N) is 1. The number of carbonyl (C=O) groups excluding carboxylic acids is 1. The quantitative estimate of drug-likeness (QED) is 0.825. The average Bonchev–Trinajstić information content (AvgIpc) is 2.70. The third-order valence-electron chi connectivity index (χ3n) is 2.95. The van der Waals surface area contributed by atoms with E-state index >= 15 is 0 Å². The number of hydrogen-bond acceptors (Lipinski definition) is 3. The van der Waals surface area contributed by atoms with Gasteiger partial charge in [-0.3, -0.25) is 4.79 Å². The second-order valence-corrected chi connectivity index (χ2v) is 4.67. The van der Waals surface area contributed by atoms with Gasteiger partial charge in [-0.25, -0.2) is 4.98 Å². The fraction of sp³-hybridized carbons (Fsp3) is 0.500. The highest BCUT2D eigenvalue weighted by Crippen LogP contribution is 2.25. The number of pyridine rings is 1. The summed E-state index contributed by atoms with van der Waals surface area (Å²) in [7, 11) is 0. The number of anilines is 1. The summed E-state index contributed by atoms with van der Waals surface area (Å²) < 4.78 is 5.37. The molecule has 2 rings (SSSR count). The molecule has 0 aromatic carbocycles. The summed E-state index contributed by atoms with van der Waals surface area (Å²) >= 11 is 5.93. The van der Waals surface area contributed by atoms with Gasteiger partial charge in [0.15, 0.2) is 5.15 Å². The molecule has 2 unspecified atom stereocenters. The standard InChI is InChI=1S/C12H15ClN2O2/c1-7-5-10(11(13)14-6-7)15-12(16)9-3-4-17-8(9)2/h5-6,8-9H,3-4H2,1-2H3,(H,15,16). The van der Waals surface area contributed by atoms with Crippen molar-refractivity contribution >= 4 is 23.2 Å². The second kappa shape index (κ2) is 5.02. The summed E-state index contributed by atoms with van der Waals surface area (Å²) in [4.78, 5) is 16.0. The highest BCUT2D eigenvalue weighted by molar-refractivity contribution is 6.32. The summed E-state index contributed by atoms with van der Waals surface area (Å²) in [6.07, 6.45) is 2.38. The van der Waals surface area contributed by atoms with Gasteiger partial charge in [0, 0.05) is 12.8 Å². The molecule has 1 amide bonds. The van der Waals surface area contributed by atoms with Crippen LogP contribution in [0.5, 0.6) is 0 Å². The number of aryl methyl sites for hydroxylation is 1. The Bertz CT molecular complexity index is 437. The number of nitrogens with one attached hydrogen (secondary N) is 1. The van der Waals surface area contributed by atoms with Crippen molar-refractivity contribution < 1.29 is 9.53 Å². The predicted octanol–water partition coefficient (Wildman–Crippen LogP) is 2.41. The Morgan fingerprint density at radius 3 is 3.06 bits per heavy atom. The van der Waals surface area contributed by atoms with Gasteiger partial charge in [-0.1, -0.05) is 11.6 Å². The van der Waals surface area contributed by atoms with Crippen molar-refractivity contribution in [2.75, 3.05) is 11.9 Å². The lowest BCUT2D eigenvalue weighted by molar-refractivity contribution is -0.121. The molecule has 0 aliphatic carbocycles. The van der Waals surface area contributed by atoms with Crippen LogP contribution in [0.25, 0.3) is 0 Å².